The van der Waals surface area contributed by atoms with Gasteiger partial charge in [0.15, 0.2) is 0 Å². The molecular weight excluding hydrogens is 286 g/mol. The second-order valence-electron chi connectivity index (χ2n) is 3.48. The van der Waals surface area contributed by atoms with E-state index in [0.717, 1.165) is 0 Å². The van der Waals surface area contributed by atoms with Gasteiger partial charge in [-0.05, 0) is 20.8 Å². The zero-order valence-corrected chi connectivity index (χ0v) is 12.0. The Hall–Kier alpha value is -0.720. The van der Waals surface area contributed by atoms with Gasteiger partial charge in [-0.25, -0.2) is 9.97 Å². The number of rotatable bonds is 6. The van der Waals surface area contributed by atoms with Crippen molar-refractivity contribution in [1.29, 1.82) is 0 Å². The molecule has 6 heteroatoms. The van der Waals surface area contributed by atoms with Gasteiger partial charge in [0.1, 0.15) is 17.3 Å². The molecule has 96 valence electrons. The molecule has 0 unspecified atom stereocenters. The van der Waals surface area contributed by atoms with E-state index < -0.39 is 5.79 Å². The van der Waals surface area contributed by atoms with Crippen LogP contribution in [0.2, 0.25) is 0 Å². The predicted molar refractivity (Wildman–Crippen MR) is 69.9 cm³/mol. The molecule has 2 N–H and O–H groups in total. The van der Waals surface area contributed by atoms with Crippen LogP contribution in [0.15, 0.2) is 6.07 Å². The summed E-state index contributed by atoms with van der Waals surface area (Å²) < 4.78 is 11.4. The predicted octanol–water partition coefficient (Wildman–Crippen LogP) is 1.99. The van der Waals surface area contributed by atoms with Crippen molar-refractivity contribution in [3.8, 4) is 0 Å². The van der Waals surface area contributed by atoms with Gasteiger partial charge in [0.2, 0.25) is 5.79 Å². The number of anilines is 1. The first kappa shape index (κ1) is 14.3. The summed E-state index contributed by atoms with van der Waals surface area (Å²) in [7, 11) is 0. The molecule has 1 aromatic heterocycles. The summed E-state index contributed by atoms with van der Waals surface area (Å²) in [4.78, 5) is 8.39. The number of nitrogens with two attached hydrogens (primary N) is 1. The van der Waals surface area contributed by atoms with Gasteiger partial charge < -0.3 is 15.2 Å². The zero-order chi connectivity index (χ0) is 12.9. The van der Waals surface area contributed by atoms with Gasteiger partial charge in [0, 0.05) is 19.3 Å². The molecular formula is C11H18BrN3O2. The van der Waals surface area contributed by atoms with E-state index in [1.54, 1.807) is 13.0 Å². The lowest BCUT2D eigenvalue weighted by atomic mass is 10.2. The molecule has 0 saturated heterocycles. The van der Waals surface area contributed by atoms with E-state index in [2.05, 4.69) is 25.9 Å². The highest BCUT2D eigenvalue weighted by Gasteiger charge is 2.35. The van der Waals surface area contributed by atoms with Crippen molar-refractivity contribution in [2.75, 3.05) is 24.3 Å². The number of aromatic nitrogens is 2. The minimum atomic E-state index is -0.898. The summed E-state index contributed by atoms with van der Waals surface area (Å²) in [5.74, 6) is 0.118. The van der Waals surface area contributed by atoms with E-state index in [4.69, 9.17) is 15.2 Å². The van der Waals surface area contributed by atoms with Gasteiger partial charge >= 0.3 is 0 Å². The van der Waals surface area contributed by atoms with Crippen molar-refractivity contribution in [3.63, 3.8) is 0 Å². The average molecular weight is 304 g/mol. The maximum atomic E-state index is 5.73. The minimum absolute atomic E-state index is 0.414. The van der Waals surface area contributed by atoms with Crippen molar-refractivity contribution in [2.24, 2.45) is 0 Å². The highest BCUT2D eigenvalue weighted by Crippen LogP contribution is 2.29. The Bertz CT molecular complexity index is 347. The fourth-order valence-corrected chi connectivity index (χ4v) is 2.20. The molecule has 0 aliphatic rings. The number of hydrogen-bond donors (Lipinski definition) is 1. The molecule has 0 aliphatic carbocycles. The normalized spacial score (nSPS) is 11.8. The van der Waals surface area contributed by atoms with Crippen molar-refractivity contribution < 1.29 is 9.47 Å². The largest absolute Gasteiger partial charge is 0.384 e. The third kappa shape index (κ3) is 3.37. The van der Waals surface area contributed by atoms with Gasteiger partial charge in [-0.3, -0.25) is 0 Å². The second-order valence-corrected chi connectivity index (χ2v) is 4.04. The molecule has 1 aromatic rings. The zero-order valence-electron chi connectivity index (χ0n) is 10.4. The highest BCUT2D eigenvalue weighted by atomic mass is 79.9. The Kier molecular flexibility index (Phi) is 5.30. The minimum Gasteiger partial charge on any atom is -0.384 e. The molecule has 0 fully saturated rings. The number of aryl methyl sites for hydroxylation is 1. The quantitative estimate of drug-likeness (QED) is 0.643. The van der Waals surface area contributed by atoms with Crippen molar-refractivity contribution in [2.45, 2.75) is 26.6 Å². The lowest BCUT2D eigenvalue weighted by Crippen LogP contribution is -2.36. The van der Waals surface area contributed by atoms with Crippen LogP contribution in [0, 0.1) is 6.92 Å². The van der Waals surface area contributed by atoms with Gasteiger partial charge in [0.05, 0.1) is 5.33 Å². The first-order valence-corrected chi connectivity index (χ1v) is 6.65. The van der Waals surface area contributed by atoms with Crippen LogP contribution in [0.5, 0.6) is 0 Å². The van der Waals surface area contributed by atoms with Crippen LogP contribution in [0.1, 0.15) is 25.4 Å². The standard InChI is InChI=1S/C11H18BrN3O2/c1-4-16-11(7-12,17-5-2)9-6-10(13)15-8(3)14-9/h6H,4-5,7H2,1-3H3,(H2,13,14,15). The summed E-state index contributed by atoms with van der Waals surface area (Å²) in [6.07, 6.45) is 0. The fraction of sp³-hybridized carbons (Fsp3) is 0.636. The van der Waals surface area contributed by atoms with Crippen LogP contribution in [-0.2, 0) is 15.3 Å². The third-order valence-corrected chi connectivity index (χ3v) is 2.92. The van der Waals surface area contributed by atoms with Crippen LogP contribution in [0.4, 0.5) is 5.82 Å². The maximum Gasteiger partial charge on any atom is 0.222 e. The number of ether oxygens (including phenoxy) is 2. The van der Waals surface area contributed by atoms with E-state index in [9.17, 15) is 0 Å². The van der Waals surface area contributed by atoms with Crippen molar-refractivity contribution >= 4 is 21.7 Å². The monoisotopic (exact) mass is 303 g/mol. The van der Waals surface area contributed by atoms with Crippen LogP contribution >= 0.6 is 15.9 Å². The molecule has 17 heavy (non-hydrogen) atoms. The van der Waals surface area contributed by atoms with Gasteiger partial charge in [-0.2, -0.15) is 0 Å². The lowest BCUT2D eigenvalue weighted by Gasteiger charge is -2.30. The van der Waals surface area contributed by atoms with E-state index >= 15 is 0 Å². The summed E-state index contributed by atoms with van der Waals surface area (Å²) in [5, 5.41) is 0.484. The Morgan fingerprint density at radius 2 is 1.88 bits per heavy atom. The Morgan fingerprint density at radius 3 is 2.29 bits per heavy atom. The third-order valence-electron chi connectivity index (χ3n) is 2.18. The van der Waals surface area contributed by atoms with Crippen molar-refractivity contribution in [3.05, 3.63) is 17.6 Å². The van der Waals surface area contributed by atoms with Crippen LogP contribution in [0.25, 0.3) is 0 Å². The molecule has 0 aromatic carbocycles. The summed E-state index contributed by atoms with van der Waals surface area (Å²) >= 11 is 3.41. The molecule has 5 nitrogen and oxygen atoms in total. The number of nitrogen functional groups attached to an aromatic ring is 1. The lowest BCUT2D eigenvalue weighted by molar-refractivity contribution is -0.227. The van der Waals surface area contributed by atoms with E-state index in [1.165, 1.54) is 0 Å². The molecule has 0 atom stereocenters. The molecule has 0 aliphatic heterocycles. The topological polar surface area (TPSA) is 70.3 Å². The van der Waals surface area contributed by atoms with E-state index in [-0.39, 0.29) is 0 Å². The van der Waals surface area contributed by atoms with E-state index in [1.807, 2.05) is 13.8 Å². The Morgan fingerprint density at radius 1 is 1.29 bits per heavy atom. The first-order valence-electron chi connectivity index (χ1n) is 5.53. The highest BCUT2D eigenvalue weighted by molar-refractivity contribution is 9.09. The van der Waals surface area contributed by atoms with Crippen LogP contribution < -0.4 is 5.73 Å². The molecule has 0 radical (unpaired) electrons. The molecule has 0 saturated carbocycles. The van der Waals surface area contributed by atoms with Crippen molar-refractivity contribution in [1.82, 2.24) is 9.97 Å². The van der Waals surface area contributed by atoms with Gasteiger partial charge in [-0.15, -0.1) is 0 Å². The molecule has 1 heterocycles. The number of nitrogens with zero attached hydrogens (tertiary/aromatic N) is 2. The Labute approximate surface area is 110 Å². The van der Waals surface area contributed by atoms with Crippen LogP contribution in [0.3, 0.4) is 0 Å². The molecule has 0 amide bonds. The van der Waals surface area contributed by atoms with Gasteiger partial charge in [0.25, 0.3) is 0 Å². The number of halogens is 1. The maximum absolute atomic E-state index is 5.73. The Balaban J connectivity index is 3.18. The van der Waals surface area contributed by atoms with Crippen LogP contribution in [-0.4, -0.2) is 28.5 Å². The smallest absolute Gasteiger partial charge is 0.222 e. The SMILES string of the molecule is CCOC(CBr)(OCC)c1cc(N)nc(C)n1. The summed E-state index contributed by atoms with van der Waals surface area (Å²) in [5.41, 5.74) is 6.37. The number of alkyl halides is 1. The fourth-order valence-electron chi connectivity index (χ4n) is 1.59. The van der Waals surface area contributed by atoms with E-state index in [0.29, 0.717) is 35.9 Å². The molecule has 0 spiro atoms. The number of hydrogen-bond acceptors (Lipinski definition) is 5. The van der Waals surface area contributed by atoms with Gasteiger partial charge in [-0.1, -0.05) is 15.9 Å². The molecule has 1 rings (SSSR count). The second kappa shape index (κ2) is 6.28. The summed E-state index contributed by atoms with van der Waals surface area (Å²) in [6.45, 7) is 6.65. The first-order chi connectivity index (χ1) is 8.07. The summed E-state index contributed by atoms with van der Waals surface area (Å²) in [6, 6.07) is 1.68. The molecule has 0 bridgehead atoms. The average Bonchev–Trinajstić information content (AvgIpc) is 2.27.